The van der Waals surface area contributed by atoms with E-state index in [1.807, 2.05) is 0 Å². The van der Waals surface area contributed by atoms with E-state index in [0.29, 0.717) is 12.4 Å². The predicted molar refractivity (Wildman–Crippen MR) is 70.3 cm³/mol. The molecule has 1 N–H and O–H groups in total. The van der Waals surface area contributed by atoms with Crippen molar-refractivity contribution in [2.24, 2.45) is 5.41 Å². The molecular weight excluding hydrogens is 255 g/mol. The van der Waals surface area contributed by atoms with E-state index in [1.54, 1.807) is 0 Å². The van der Waals surface area contributed by atoms with Crippen LogP contribution < -0.4 is 5.32 Å². The highest BCUT2D eigenvalue weighted by molar-refractivity contribution is 6.17. The summed E-state index contributed by atoms with van der Waals surface area (Å²) in [4.78, 5) is 15.5. The van der Waals surface area contributed by atoms with Crippen LogP contribution in [0, 0.1) is 11.2 Å². The molecule has 1 rings (SSSR count). The van der Waals surface area contributed by atoms with Crippen LogP contribution in [0.5, 0.6) is 0 Å². The van der Waals surface area contributed by atoms with Crippen LogP contribution in [0.15, 0.2) is 18.3 Å². The van der Waals surface area contributed by atoms with E-state index >= 15 is 0 Å². The van der Waals surface area contributed by atoms with Crippen molar-refractivity contribution in [1.29, 1.82) is 0 Å². The van der Waals surface area contributed by atoms with Gasteiger partial charge < -0.3 is 5.32 Å². The molecule has 0 radical (unpaired) electrons. The fourth-order valence-electron chi connectivity index (χ4n) is 1.55. The molecule has 1 heterocycles. The third-order valence-electron chi connectivity index (χ3n) is 2.67. The number of pyridine rings is 1. The largest absolute Gasteiger partial charge is 0.350 e. The molecule has 3 nitrogen and oxygen atoms in total. The summed E-state index contributed by atoms with van der Waals surface area (Å²) in [5, 5.41) is 2.80. The molecule has 0 fully saturated rings. The van der Waals surface area contributed by atoms with Crippen molar-refractivity contribution in [3.8, 4) is 0 Å². The molecule has 1 aromatic rings. The summed E-state index contributed by atoms with van der Waals surface area (Å²) in [6, 6.07) is 2.59. The molecule has 0 unspecified atom stereocenters. The van der Waals surface area contributed by atoms with Crippen LogP contribution in [-0.2, 0) is 0 Å². The van der Waals surface area contributed by atoms with Gasteiger partial charge in [-0.05, 0) is 30.4 Å². The van der Waals surface area contributed by atoms with Gasteiger partial charge in [0.05, 0.1) is 6.20 Å². The first-order chi connectivity index (χ1) is 8.44. The number of nitrogens with one attached hydrogen (secondary N) is 1. The Morgan fingerprint density at radius 1 is 1.50 bits per heavy atom. The number of hydrogen-bond donors (Lipinski definition) is 1. The highest BCUT2D eigenvalue weighted by Gasteiger charge is 2.19. The number of rotatable bonds is 6. The second-order valence-corrected chi connectivity index (χ2v) is 5.38. The lowest BCUT2D eigenvalue weighted by Gasteiger charge is -2.24. The molecule has 0 aliphatic carbocycles. The number of hydrogen-bond acceptors (Lipinski definition) is 2. The molecular formula is C13H18ClFN2O. The monoisotopic (exact) mass is 272 g/mol. The quantitative estimate of drug-likeness (QED) is 0.809. The molecule has 0 saturated carbocycles. The zero-order valence-corrected chi connectivity index (χ0v) is 11.4. The second kappa shape index (κ2) is 6.69. The van der Waals surface area contributed by atoms with Crippen molar-refractivity contribution >= 4 is 17.5 Å². The van der Waals surface area contributed by atoms with Crippen LogP contribution in [0.3, 0.4) is 0 Å². The van der Waals surface area contributed by atoms with Gasteiger partial charge in [-0.3, -0.25) is 4.79 Å². The van der Waals surface area contributed by atoms with Crippen molar-refractivity contribution in [3.63, 3.8) is 0 Å². The van der Waals surface area contributed by atoms with E-state index in [0.717, 1.165) is 19.0 Å². The molecule has 0 saturated heterocycles. The van der Waals surface area contributed by atoms with Crippen molar-refractivity contribution in [2.75, 3.05) is 12.4 Å². The smallest absolute Gasteiger partial charge is 0.269 e. The molecule has 0 aliphatic heterocycles. The number of nitrogens with zero attached hydrogens (tertiary/aromatic N) is 1. The maximum Gasteiger partial charge on any atom is 0.269 e. The molecule has 0 atom stereocenters. The first-order valence-corrected chi connectivity index (χ1v) is 6.44. The Labute approximate surface area is 112 Å². The normalized spacial score (nSPS) is 11.3. The molecule has 0 bridgehead atoms. The van der Waals surface area contributed by atoms with Gasteiger partial charge in [-0.2, -0.15) is 0 Å². The van der Waals surface area contributed by atoms with Gasteiger partial charge in [0.1, 0.15) is 11.5 Å². The van der Waals surface area contributed by atoms with E-state index in [2.05, 4.69) is 24.1 Å². The Bertz CT molecular complexity index is 392. The average molecular weight is 273 g/mol. The van der Waals surface area contributed by atoms with Crippen LogP contribution in [-0.4, -0.2) is 23.3 Å². The van der Waals surface area contributed by atoms with E-state index < -0.39 is 5.82 Å². The zero-order chi connectivity index (χ0) is 13.6. The SMILES string of the molecule is CC(C)(CCCCl)CNC(=O)c1ccc(F)cn1. The summed E-state index contributed by atoms with van der Waals surface area (Å²) in [6.45, 7) is 4.68. The van der Waals surface area contributed by atoms with Crippen LogP contribution >= 0.6 is 11.6 Å². The highest BCUT2D eigenvalue weighted by Crippen LogP contribution is 2.21. The standard InChI is InChI=1S/C13H18ClFN2O/c1-13(2,6-3-7-14)9-17-12(18)11-5-4-10(15)8-16-11/h4-5,8H,3,6-7,9H2,1-2H3,(H,17,18). The summed E-state index contributed by atoms with van der Waals surface area (Å²) >= 11 is 5.65. The Morgan fingerprint density at radius 3 is 2.78 bits per heavy atom. The third-order valence-corrected chi connectivity index (χ3v) is 2.94. The zero-order valence-electron chi connectivity index (χ0n) is 10.7. The minimum atomic E-state index is -0.450. The van der Waals surface area contributed by atoms with Crippen molar-refractivity contribution < 1.29 is 9.18 Å². The topological polar surface area (TPSA) is 42.0 Å². The summed E-state index contributed by atoms with van der Waals surface area (Å²) in [6.07, 6.45) is 2.89. The minimum Gasteiger partial charge on any atom is -0.350 e. The van der Waals surface area contributed by atoms with E-state index in [4.69, 9.17) is 11.6 Å². The van der Waals surface area contributed by atoms with Gasteiger partial charge in [0.2, 0.25) is 0 Å². The summed E-state index contributed by atoms with van der Waals surface area (Å²) < 4.78 is 12.7. The van der Waals surface area contributed by atoms with Gasteiger partial charge in [-0.1, -0.05) is 13.8 Å². The summed E-state index contributed by atoms with van der Waals surface area (Å²) in [5.41, 5.74) is 0.217. The van der Waals surface area contributed by atoms with Gasteiger partial charge in [-0.25, -0.2) is 9.37 Å². The van der Waals surface area contributed by atoms with E-state index in [-0.39, 0.29) is 17.0 Å². The molecule has 18 heavy (non-hydrogen) atoms. The first-order valence-electron chi connectivity index (χ1n) is 5.90. The fourth-order valence-corrected chi connectivity index (χ4v) is 1.69. The number of alkyl halides is 1. The molecule has 1 aromatic heterocycles. The number of amides is 1. The lowest BCUT2D eigenvalue weighted by atomic mass is 9.88. The van der Waals surface area contributed by atoms with Gasteiger partial charge in [-0.15, -0.1) is 11.6 Å². The number of halogens is 2. The Morgan fingerprint density at radius 2 is 2.22 bits per heavy atom. The molecule has 1 amide bonds. The van der Waals surface area contributed by atoms with Crippen LogP contribution in [0.25, 0.3) is 0 Å². The Hall–Kier alpha value is -1.16. The van der Waals surface area contributed by atoms with Crippen molar-refractivity contribution in [1.82, 2.24) is 10.3 Å². The van der Waals surface area contributed by atoms with Gasteiger partial charge in [0.15, 0.2) is 0 Å². The van der Waals surface area contributed by atoms with E-state index in [9.17, 15) is 9.18 Å². The van der Waals surface area contributed by atoms with Crippen LogP contribution in [0.4, 0.5) is 4.39 Å². The summed E-state index contributed by atoms with van der Waals surface area (Å²) in [5.74, 6) is -0.111. The van der Waals surface area contributed by atoms with E-state index in [1.165, 1.54) is 12.1 Å². The molecule has 0 aromatic carbocycles. The third kappa shape index (κ3) is 5.00. The average Bonchev–Trinajstić information content (AvgIpc) is 2.35. The van der Waals surface area contributed by atoms with Gasteiger partial charge in [0, 0.05) is 12.4 Å². The lowest BCUT2D eigenvalue weighted by Crippen LogP contribution is -2.34. The second-order valence-electron chi connectivity index (χ2n) is 5.00. The predicted octanol–water partition coefficient (Wildman–Crippen LogP) is 3.00. The molecule has 5 heteroatoms. The van der Waals surface area contributed by atoms with Gasteiger partial charge in [0.25, 0.3) is 5.91 Å². The summed E-state index contributed by atoms with van der Waals surface area (Å²) in [7, 11) is 0. The first kappa shape index (κ1) is 14.9. The van der Waals surface area contributed by atoms with Crippen molar-refractivity contribution in [2.45, 2.75) is 26.7 Å². The van der Waals surface area contributed by atoms with Crippen LogP contribution in [0.2, 0.25) is 0 Å². The lowest BCUT2D eigenvalue weighted by molar-refractivity contribution is 0.0929. The maximum atomic E-state index is 12.7. The molecule has 0 spiro atoms. The highest BCUT2D eigenvalue weighted by atomic mass is 35.5. The Balaban J connectivity index is 2.48. The number of carbonyl (C=O) groups excluding carboxylic acids is 1. The Kier molecular flexibility index (Phi) is 5.54. The number of carbonyl (C=O) groups is 1. The van der Waals surface area contributed by atoms with Crippen LogP contribution in [0.1, 0.15) is 37.2 Å². The number of aromatic nitrogens is 1. The molecule has 0 aliphatic rings. The fraction of sp³-hybridized carbons (Fsp3) is 0.538. The maximum absolute atomic E-state index is 12.7. The van der Waals surface area contributed by atoms with Gasteiger partial charge >= 0.3 is 0 Å². The molecule has 100 valence electrons. The van der Waals surface area contributed by atoms with Crippen molar-refractivity contribution in [3.05, 3.63) is 29.8 Å². The minimum absolute atomic E-state index is 0.00934.